The fourth-order valence-electron chi connectivity index (χ4n) is 3.83. The van der Waals surface area contributed by atoms with Gasteiger partial charge in [-0.3, -0.25) is 4.79 Å². The monoisotopic (exact) mass is 500 g/mol. The van der Waals surface area contributed by atoms with E-state index >= 15 is 0 Å². The van der Waals surface area contributed by atoms with E-state index in [1.807, 2.05) is 54.6 Å². The molecule has 0 saturated carbocycles. The summed E-state index contributed by atoms with van der Waals surface area (Å²) in [5.74, 6) is 0.665. The molecule has 0 radical (unpaired) electrons. The first kappa shape index (κ1) is 27.4. The maximum Gasteiger partial charge on any atom is 0.235 e. The highest BCUT2D eigenvalue weighted by Gasteiger charge is 2.18. The highest BCUT2D eigenvalue weighted by atomic mass is 35.5. The lowest BCUT2D eigenvalue weighted by atomic mass is 10.0. The van der Waals surface area contributed by atoms with Gasteiger partial charge in [0.1, 0.15) is 5.58 Å². The molecule has 34 heavy (non-hydrogen) atoms. The van der Waals surface area contributed by atoms with E-state index < -0.39 is 0 Å². The Morgan fingerprint density at radius 3 is 2.21 bits per heavy atom. The van der Waals surface area contributed by atoms with Crippen molar-refractivity contribution in [3.8, 4) is 28.2 Å². The van der Waals surface area contributed by atoms with Crippen LogP contribution >= 0.6 is 24.8 Å². The molecule has 0 spiro atoms. The molecule has 1 heterocycles. The first-order chi connectivity index (χ1) is 15.7. The van der Waals surface area contributed by atoms with E-state index in [-0.39, 0.29) is 36.0 Å². The van der Waals surface area contributed by atoms with Gasteiger partial charge in [0.15, 0.2) is 5.76 Å². The minimum absolute atomic E-state index is 0. The molecule has 0 bridgehead atoms. The number of rotatable bonds is 9. The Labute approximate surface area is 212 Å². The Bertz CT molecular complexity index is 1240. The van der Waals surface area contributed by atoms with E-state index in [2.05, 4.69) is 17.4 Å². The molecule has 0 aliphatic heterocycles. The van der Waals surface area contributed by atoms with Gasteiger partial charge < -0.3 is 20.2 Å². The van der Waals surface area contributed by atoms with Crippen molar-refractivity contribution in [2.24, 2.45) is 5.73 Å². The van der Waals surface area contributed by atoms with Gasteiger partial charge in [0.2, 0.25) is 11.2 Å². The molecule has 1 aromatic heterocycles. The lowest BCUT2D eigenvalue weighted by Crippen LogP contribution is -2.16. The van der Waals surface area contributed by atoms with Crippen molar-refractivity contribution < 1.29 is 9.15 Å². The van der Waals surface area contributed by atoms with Gasteiger partial charge in [-0.05, 0) is 43.1 Å². The Kier molecular flexibility index (Phi) is 10.6. The third-order valence-corrected chi connectivity index (χ3v) is 5.54. The van der Waals surface area contributed by atoms with Crippen molar-refractivity contribution in [3.63, 3.8) is 0 Å². The van der Waals surface area contributed by atoms with Crippen molar-refractivity contribution in [1.29, 1.82) is 0 Å². The molecule has 3 aromatic carbocycles. The van der Waals surface area contributed by atoms with Gasteiger partial charge in [-0.1, -0.05) is 66.7 Å². The Balaban J connectivity index is 0.00000204. The average Bonchev–Trinajstić information content (AvgIpc) is 2.85. The van der Waals surface area contributed by atoms with E-state index in [0.29, 0.717) is 29.8 Å². The second-order valence-corrected chi connectivity index (χ2v) is 7.70. The normalized spacial score (nSPS) is 10.4. The van der Waals surface area contributed by atoms with E-state index in [9.17, 15) is 4.79 Å². The van der Waals surface area contributed by atoms with Crippen molar-refractivity contribution in [3.05, 3.63) is 88.6 Å². The fourth-order valence-corrected chi connectivity index (χ4v) is 3.83. The number of unbranched alkanes of at least 4 members (excludes halogenated alkanes) is 1. The summed E-state index contributed by atoms with van der Waals surface area (Å²) in [7, 11) is 1.50. The number of para-hydroxylation sites is 1. The second-order valence-electron chi connectivity index (χ2n) is 7.70. The van der Waals surface area contributed by atoms with Crippen molar-refractivity contribution in [2.75, 3.05) is 20.2 Å². The van der Waals surface area contributed by atoms with Gasteiger partial charge in [-0.2, -0.15) is 0 Å². The van der Waals surface area contributed by atoms with Crippen LogP contribution in [0.2, 0.25) is 0 Å². The van der Waals surface area contributed by atoms with E-state index in [1.165, 1.54) is 7.11 Å². The van der Waals surface area contributed by atoms with Crippen LogP contribution in [0.25, 0.3) is 33.4 Å². The van der Waals surface area contributed by atoms with Gasteiger partial charge in [-0.25, -0.2) is 0 Å². The summed E-state index contributed by atoms with van der Waals surface area (Å²) in [6.45, 7) is 2.17. The molecule has 0 aliphatic rings. The number of hydrogen-bond donors (Lipinski definition) is 2. The summed E-state index contributed by atoms with van der Waals surface area (Å²) in [6.07, 6.45) is 2.00. The first-order valence-electron chi connectivity index (χ1n) is 10.9. The molecular weight excluding hydrogens is 471 g/mol. The zero-order valence-corrected chi connectivity index (χ0v) is 20.7. The van der Waals surface area contributed by atoms with Gasteiger partial charge in [-0.15, -0.1) is 24.8 Å². The van der Waals surface area contributed by atoms with E-state index in [1.54, 1.807) is 6.07 Å². The highest BCUT2D eigenvalue weighted by molar-refractivity contribution is 5.86. The van der Waals surface area contributed by atoms with Crippen LogP contribution in [0.4, 0.5) is 0 Å². The summed E-state index contributed by atoms with van der Waals surface area (Å²) in [6, 6.07) is 23.8. The average molecular weight is 501 g/mol. The topological polar surface area (TPSA) is 77.5 Å². The smallest absolute Gasteiger partial charge is 0.235 e. The SMILES string of the molecule is COc1c(-c2ccc(-c3ccccc3)cc2)oc2c(CNCCCCN)cccc2c1=O.Cl.Cl. The minimum atomic E-state index is -0.166. The summed E-state index contributed by atoms with van der Waals surface area (Å²) >= 11 is 0. The molecule has 3 N–H and O–H groups in total. The summed E-state index contributed by atoms with van der Waals surface area (Å²) < 4.78 is 11.8. The van der Waals surface area contributed by atoms with Gasteiger partial charge in [0.05, 0.1) is 12.5 Å². The number of halogens is 2. The van der Waals surface area contributed by atoms with Crippen LogP contribution in [0.3, 0.4) is 0 Å². The van der Waals surface area contributed by atoms with Gasteiger partial charge in [0, 0.05) is 17.7 Å². The third kappa shape index (κ3) is 5.99. The first-order valence-corrected chi connectivity index (χ1v) is 10.9. The Morgan fingerprint density at radius 1 is 0.853 bits per heavy atom. The molecule has 4 rings (SSSR count). The summed E-state index contributed by atoms with van der Waals surface area (Å²) in [5.41, 5.74) is 9.96. The maximum absolute atomic E-state index is 13.2. The minimum Gasteiger partial charge on any atom is -0.490 e. The van der Waals surface area contributed by atoms with Crippen LogP contribution in [0, 0.1) is 0 Å². The predicted molar refractivity (Wildman–Crippen MR) is 144 cm³/mol. The summed E-state index contributed by atoms with van der Waals surface area (Å²) in [5, 5.41) is 3.93. The molecule has 0 fully saturated rings. The lowest BCUT2D eigenvalue weighted by Gasteiger charge is -2.12. The lowest BCUT2D eigenvalue weighted by molar-refractivity contribution is 0.398. The van der Waals surface area contributed by atoms with Crippen LogP contribution < -0.4 is 21.2 Å². The number of nitrogens with two attached hydrogens (primary N) is 1. The van der Waals surface area contributed by atoms with E-state index in [0.717, 1.165) is 41.6 Å². The largest absolute Gasteiger partial charge is 0.490 e. The number of benzene rings is 3. The summed E-state index contributed by atoms with van der Waals surface area (Å²) in [4.78, 5) is 13.2. The van der Waals surface area contributed by atoms with Crippen LogP contribution in [0.15, 0.2) is 82.0 Å². The van der Waals surface area contributed by atoms with Gasteiger partial charge in [0.25, 0.3) is 0 Å². The number of methoxy groups -OCH3 is 1. The second kappa shape index (κ2) is 13.2. The zero-order chi connectivity index (χ0) is 22.3. The molecule has 180 valence electrons. The molecule has 0 aliphatic carbocycles. The maximum atomic E-state index is 13.2. The van der Waals surface area contributed by atoms with Crippen LogP contribution in [-0.4, -0.2) is 20.2 Å². The third-order valence-electron chi connectivity index (χ3n) is 5.54. The molecule has 0 saturated heterocycles. The Morgan fingerprint density at radius 2 is 1.53 bits per heavy atom. The zero-order valence-electron chi connectivity index (χ0n) is 19.1. The molecular formula is C27H30Cl2N2O3. The van der Waals surface area contributed by atoms with E-state index in [4.69, 9.17) is 14.9 Å². The number of ether oxygens (including phenoxy) is 1. The Hall–Kier alpha value is -2.83. The van der Waals surface area contributed by atoms with Crippen LogP contribution in [-0.2, 0) is 6.54 Å². The van der Waals surface area contributed by atoms with Crippen molar-refractivity contribution >= 4 is 35.8 Å². The quantitative estimate of drug-likeness (QED) is 0.283. The van der Waals surface area contributed by atoms with Gasteiger partial charge >= 0.3 is 0 Å². The van der Waals surface area contributed by atoms with Crippen LogP contribution in [0.5, 0.6) is 5.75 Å². The number of hydrogen-bond acceptors (Lipinski definition) is 5. The fraction of sp³-hybridized carbons (Fsp3) is 0.222. The van der Waals surface area contributed by atoms with Crippen molar-refractivity contribution in [1.82, 2.24) is 5.32 Å². The molecule has 5 nitrogen and oxygen atoms in total. The molecule has 0 amide bonds. The van der Waals surface area contributed by atoms with Crippen molar-refractivity contribution in [2.45, 2.75) is 19.4 Å². The molecule has 7 heteroatoms. The standard InChI is InChI=1S/C27H28N2O3.2ClH/c1-31-27-24(30)23-11-7-10-22(18-29-17-6-5-16-28)25(23)32-26(27)21-14-12-20(13-15-21)19-8-3-2-4-9-19;;/h2-4,7-15,29H,5-6,16-18,28H2,1H3;2*1H. The molecule has 0 atom stereocenters. The predicted octanol–water partition coefficient (Wildman–Crippen LogP) is 5.81. The number of fused-ring (bicyclic) bond motifs is 1. The molecule has 4 aromatic rings. The number of nitrogens with one attached hydrogen (secondary N) is 1. The highest BCUT2D eigenvalue weighted by Crippen LogP contribution is 2.33. The van der Waals surface area contributed by atoms with Crippen LogP contribution in [0.1, 0.15) is 18.4 Å². The molecule has 0 unspecified atom stereocenters.